The first kappa shape index (κ1) is 17.1. The molecule has 1 aliphatic heterocycles. The highest BCUT2D eigenvalue weighted by molar-refractivity contribution is 5.82. The summed E-state index contributed by atoms with van der Waals surface area (Å²) in [5, 5.41) is 11.4. The van der Waals surface area contributed by atoms with E-state index in [9.17, 15) is 4.79 Å². The summed E-state index contributed by atoms with van der Waals surface area (Å²) in [7, 11) is 0. The lowest BCUT2D eigenvalue weighted by Crippen LogP contribution is -2.40. The highest BCUT2D eigenvalue weighted by Crippen LogP contribution is 2.24. The Bertz CT molecular complexity index is 906. The predicted molar refractivity (Wildman–Crippen MR) is 103 cm³/mol. The van der Waals surface area contributed by atoms with E-state index in [0.717, 1.165) is 12.0 Å². The quantitative estimate of drug-likeness (QED) is 0.703. The topological polar surface area (TPSA) is 63.9 Å². The van der Waals surface area contributed by atoms with Crippen molar-refractivity contribution in [1.82, 2.24) is 25.1 Å². The first-order valence-electron chi connectivity index (χ1n) is 9.11. The smallest absolute Gasteiger partial charge is 0.248 e. The predicted octanol–water partition coefficient (Wildman–Crippen LogP) is 2.77. The standard InChI is InChI=1S/C21H21N5O/c27-21(25-13-11-19(12-14-25)18-9-5-2-6-10-18)20(26-16-22-23-24-26)15-17-7-3-1-4-8-17/h1-11,16,20H,12-15H2/t20-/m1/s1. The maximum absolute atomic E-state index is 13.2. The molecule has 136 valence electrons. The Balaban J connectivity index is 1.51. The molecular weight excluding hydrogens is 338 g/mol. The second-order valence-electron chi connectivity index (χ2n) is 6.62. The van der Waals surface area contributed by atoms with Gasteiger partial charge in [0.05, 0.1) is 0 Å². The van der Waals surface area contributed by atoms with E-state index in [1.807, 2.05) is 53.4 Å². The van der Waals surface area contributed by atoms with E-state index < -0.39 is 6.04 Å². The zero-order valence-electron chi connectivity index (χ0n) is 15.0. The van der Waals surface area contributed by atoms with Gasteiger partial charge in [-0.3, -0.25) is 4.79 Å². The Morgan fingerprint density at radius 1 is 1.04 bits per heavy atom. The summed E-state index contributed by atoms with van der Waals surface area (Å²) in [5.74, 6) is 0.0505. The summed E-state index contributed by atoms with van der Waals surface area (Å²) in [6, 6.07) is 19.9. The Hall–Kier alpha value is -3.28. The van der Waals surface area contributed by atoms with Gasteiger partial charge in [-0.25, -0.2) is 4.68 Å². The molecule has 1 aromatic heterocycles. The highest BCUT2D eigenvalue weighted by Gasteiger charge is 2.28. The van der Waals surface area contributed by atoms with Crippen LogP contribution in [0.3, 0.4) is 0 Å². The van der Waals surface area contributed by atoms with Crippen molar-refractivity contribution in [2.75, 3.05) is 13.1 Å². The normalized spacial score (nSPS) is 15.3. The van der Waals surface area contributed by atoms with Gasteiger partial charge in [0.25, 0.3) is 0 Å². The van der Waals surface area contributed by atoms with Gasteiger partial charge in [0.1, 0.15) is 12.4 Å². The molecule has 0 fully saturated rings. The molecule has 0 spiro atoms. The molecule has 0 radical (unpaired) electrons. The third kappa shape index (κ3) is 3.95. The van der Waals surface area contributed by atoms with Gasteiger partial charge >= 0.3 is 0 Å². The molecule has 0 bridgehead atoms. The summed E-state index contributed by atoms with van der Waals surface area (Å²) in [4.78, 5) is 15.1. The van der Waals surface area contributed by atoms with E-state index in [2.05, 4.69) is 33.7 Å². The summed E-state index contributed by atoms with van der Waals surface area (Å²) < 4.78 is 1.56. The average Bonchev–Trinajstić information content (AvgIpc) is 3.28. The molecular formula is C21H21N5O. The molecule has 0 N–H and O–H groups in total. The van der Waals surface area contributed by atoms with Crippen molar-refractivity contribution < 1.29 is 4.79 Å². The number of tetrazole rings is 1. The van der Waals surface area contributed by atoms with Crippen LogP contribution in [0.4, 0.5) is 0 Å². The lowest BCUT2D eigenvalue weighted by molar-refractivity contribution is -0.134. The molecule has 0 unspecified atom stereocenters. The SMILES string of the molecule is O=C([C@@H](Cc1ccccc1)n1cnnn1)N1CC=C(c2ccccc2)CC1. The third-order valence-corrected chi connectivity index (χ3v) is 4.91. The minimum atomic E-state index is -0.436. The monoisotopic (exact) mass is 359 g/mol. The fraction of sp³-hybridized carbons (Fsp3) is 0.238. The first-order valence-corrected chi connectivity index (χ1v) is 9.11. The van der Waals surface area contributed by atoms with Crippen LogP contribution >= 0.6 is 0 Å². The van der Waals surface area contributed by atoms with Crippen molar-refractivity contribution >= 4 is 11.5 Å². The van der Waals surface area contributed by atoms with Gasteiger partial charge in [0, 0.05) is 19.5 Å². The molecule has 6 nitrogen and oxygen atoms in total. The molecule has 1 aliphatic rings. The van der Waals surface area contributed by atoms with Crippen LogP contribution in [-0.2, 0) is 11.2 Å². The Morgan fingerprint density at radius 3 is 2.41 bits per heavy atom. The second kappa shape index (κ2) is 7.95. The molecule has 2 aromatic carbocycles. The van der Waals surface area contributed by atoms with Crippen molar-refractivity contribution in [1.29, 1.82) is 0 Å². The Labute approximate surface area is 158 Å². The summed E-state index contributed by atoms with van der Waals surface area (Å²) in [6.07, 6.45) is 5.08. The summed E-state index contributed by atoms with van der Waals surface area (Å²) in [6.45, 7) is 1.31. The molecule has 3 aromatic rings. The lowest BCUT2D eigenvalue weighted by Gasteiger charge is -2.30. The lowest BCUT2D eigenvalue weighted by atomic mass is 9.98. The number of aromatic nitrogens is 4. The van der Waals surface area contributed by atoms with Crippen LogP contribution in [0.25, 0.3) is 5.57 Å². The summed E-state index contributed by atoms with van der Waals surface area (Å²) >= 11 is 0. The van der Waals surface area contributed by atoms with Crippen LogP contribution in [-0.4, -0.2) is 44.1 Å². The fourth-order valence-electron chi connectivity index (χ4n) is 3.44. The van der Waals surface area contributed by atoms with Crippen molar-refractivity contribution in [2.24, 2.45) is 0 Å². The Kier molecular flexibility index (Phi) is 5.05. The van der Waals surface area contributed by atoms with Crippen LogP contribution in [0.1, 0.15) is 23.6 Å². The number of carbonyl (C=O) groups excluding carboxylic acids is 1. The largest absolute Gasteiger partial charge is 0.337 e. The maximum Gasteiger partial charge on any atom is 0.248 e. The van der Waals surface area contributed by atoms with Crippen molar-refractivity contribution in [3.05, 3.63) is 84.2 Å². The van der Waals surface area contributed by atoms with Crippen LogP contribution in [0.15, 0.2) is 73.1 Å². The van der Waals surface area contributed by atoms with E-state index in [1.165, 1.54) is 17.5 Å². The van der Waals surface area contributed by atoms with Crippen molar-refractivity contribution in [3.63, 3.8) is 0 Å². The van der Waals surface area contributed by atoms with Crippen LogP contribution in [0.5, 0.6) is 0 Å². The van der Waals surface area contributed by atoms with Crippen molar-refractivity contribution in [2.45, 2.75) is 18.9 Å². The Morgan fingerprint density at radius 2 is 1.78 bits per heavy atom. The second-order valence-corrected chi connectivity index (χ2v) is 6.62. The molecule has 1 atom stereocenters. The van der Waals surface area contributed by atoms with E-state index >= 15 is 0 Å². The number of amides is 1. The number of benzene rings is 2. The summed E-state index contributed by atoms with van der Waals surface area (Å²) in [5.41, 5.74) is 3.61. The number of hydrogen-bond acceptors (Lipinski definition) is 4. The highest BCUT2D eigenvalue weighted by atomic mass is 16.2. The fourth-order valence-corrected chi connectivity index (χ4v) is 3.44. The van der Waals surface area contributed by atoms with Crippen molar-refractivity contribution in [3.8, 4) is 0 Å². The average molecular weight is 359 g/mol. The number of nitrogens with zero attached hydrogens (tertiary/aromatic N) is 5. The number of rotatable bonds is 5. The molecule has 0 saturated heterocycles. The number of hydrogen-bond donors (Lipinski definition) is 0. The van der Waals surface area contributed by atoms with Gasteiger partial charge in [-0.15, -0.1) is 5.10 Å². The minimum absolute atomic E-state index is 0.0505. The van der Waals surface area contributed by atoms with Gasteiger partial charge in [-0.1, -0.05) is 66.7 Å². The van der Waals surface area contributed by atoms with E-state index in [0.29, 0.717) is 19.5 Å². The van der Waals surface area contributed by atoms with E-state index in [4.69, 9.17) is 0 Å². The molecule has 0 aliphatic carbocycles. The maximum atomic E-state index is 13.2. The van der Waals surface area contributed by atoms with Gasteiger partial charge in [-0.05, 0) is 33.5 Å². The van der Waals surface area contributed by atoms with Gasteiger partial charge in [0.2, 0.25) is 5.91 Å². The third-order valence-electron chi connectivity index (χ3n) is 4.91. The van der Waals surface area contributed by atoms with Gasteiger partial charge in [-0.2, -0.15) is 0 Å². The first-order chi connectivity index (χ1) is 13.3. The molecule has 2 heterocycles. The molecule has 27 heavy (non-hydrogen) atoms. The minimum Gasteiger partial charge on any atom is -0.337 e. The van der Waals surface area contributed by atoms with Crippen LogP contribution in [0, 0.1) is 0 Å². The number of carbonyl (C=O) groups is 1. The zero-order chi connectivity index (χ0) is 18.5. The van der Waals surface area contributed by atoms with Gasteiger partial charge in [0.15, 0.2) is 0 Å². The van der Waals surface area contributed by atoms with Crippen LogP contribution in [0.2, 0.25) is 0 Å². The van der Waals surface area contributed by atoms with Crippen LogP contribution < -0.4 is 0 Å². The molecule has 4 rings (SSSR count). The molecule has 0 saturated carbocycles. The molecule has 1 amide bonds. The van der Waals surface area contributed by atoms with E-state index in [1.54, 1.807) is 4.68 Å². The van der Waals surface area contributed by atoms with Gasteiger partial charge < -0.3 is 4.90 Å². The van der Waals surface area contributed by atoms with E-state index in [-0.39, 0.29) is 5.91 Å². The zero-order valence-corrected chi connectivity index (χ0v) is 15.0. The molecule has 6 heteroatoms.